The Bertz CT molecular complexity index is 1020. The maximum absolute atomic E-state index is 6.34. The van der Waals surface area contributed by atoms with Crippen molar-refractivity contribution in [3.05, 3.63) is 53.8 Å². The highest BCUT2D eigenvalue weighted by Gasteiger charge is 2.14. The Labute approximate surface area is 187 Å². The van der Waals surface area contributed by atoms with E-state index in [-0.39, 0.29) is 0 Å². The first-order valence-electron chi connectivity index (χ1n) is 10.2. The highest BCUT2D eigenvalue weighted by Crippen LogP contribution is 2.29. The lowest BCUT2D eigenvalue weighted by molar-refractivity contribution is 0.313. The minimum absolute atomic E-state index is 0.435. The lowest BCUT2D eigenvalue weighted by atomic mass is 10.2. The van der Waals surface area contributed by atoms with Crippen LogP contribution >= 0.6 is 11.6 Å². The molecule has 8 nitrogen and oxygen atoms in total. The van der Waals surface area contributed by atoms with Crippen molar-refractivity contribution in [2.45, 2.75) is 0 Å². The van der Waals surface area contributed by atoms with Gasteiger partial charge in [-0.15, -0.1) is 0 Å². The molecule has 1 aliphatic rings. The predicted octanol–water partition coefficient (Wildman–Crippen LogP) is 3.83. The van der Waals surface area contributed by atoms with Crippen LogP contribution in [0, 0.1) is 0 Å². The molecular formula is C22H27ClN8. The fraction of sp³-hybridized carbons (Fsp3) is 0.318. The van der Waals surface area contributed by atoms with Crippen molar-refractivity contribution in [1.29, 1.82) is 0 Å². The van der Waals surface area contributed by atoms with Crippen LogP contribution in [0.1, 0.15) is 0 Å². The second kappa shape index (κ2) is 9.36. The normalized spacial score (nSPS) is 14.4. The van der Waals surface area contributed by atoms with Gasteiger partial charge in [-0.05, 0) is 43.4 Å². The molecule has 0 saturated carbocycles. The first kappa shape index (κ1) is 21.1. The maximum atomic E-state index is 6.34. The van der Waals surface area contributed by atoms with Gasteiger partial charge in [-0.1, -0.05) is 11.6 Å². The molecule has 0 aliphatic carbocycles. The standard InChI is InChI=1S/C22H27ClN8/c1-29(2)21-19(5-4-10-24-21)27-20-18(23)15-25-22(28-20)26-16-6-8-17(9-7-16)31-13-11-30(3)12-14-31/h4-10,15H,11-14H2,1-3H3,(H2,25,26,27,28). The van der Waals surface area contributed by atoms with Crippen LogP contribution in [0.3, 0.4) is 0 Å². The number of anilines is 6. The molecule has 0 amide bonds. The molecule has 0 atom stereocenters. The smallest absolute Gasteiger partial charge is 0.229 e. The van der Waals surface area contributed by atoms with Gasteiger partial charge in [0.2, 0.25) is 5.95 Å². The average molecular weight is 439 g/mol. The van der Waals surface area contributed by atoms with E-state index in [1.807, 2.05) is 43.3 Å². The molecule has 162 valence electrons. The number of halogens is 1. The van der Waals surface area contributed by atoms with Crippen LogP contribution in [0.25, 0.3) is 0 Å². The van der Waals surface area contributed by atoms with E-state index in [2.05, 4.69) is 54.6 Å². The van der Waals surface area contributed by atoms with Crippen molar-refractivity contribution in [1.82, 2.24) is 19.9 Å². The molecule has 0 spiro atoms. The van der Waals surface area contributed by atoms with E-state index >= 15 is 0 Å². The lowest BCUT2D eigenvalue weighted by Gasteiger charge is -2.34. The predicted molar refractivity (Wildman–Crippen MR) is 128 cm³/mol. The van der Waals surface area contributed by atoms with Crippen molar-refractivity contribution in [2.24, 2.45) is 0 Å². The van der Waals surface area contributed by atoms with E-state index in [0.29, 0.717) is 16.8 Å². The molecule has 1 aromatic carbocycles. The Morgan fingerprint density at radius 3 is 2.42 bits per heavy atom. The van der Waals surface area contributed by atoms with E-state index in [0.717, 1.165) is 43.4 Å². The Balaban J connectivity index is 1.47. The molecular weight excluding hydrogens is 412 g/mol. The van der Waals surface area contributed by atoms with Gasteiger partial charge >= 0.3 is 0 Å². The summed E-state index contributed by atoms with van der Waals surface area (Å²) in [5, 5.41) is 6.96. The fourth-order valence-electron chi connectivity index (χ4n) is 3.44. The monoisotopic (exact) mass is 438 g/mol. The third kappa shape index (κ3) is 5.15. The summed E-state index contributed by atoms with van der Waals surface area (Å²) < 4.78 is 0. The molecule has 0 bridgehead atoms. The zero-order valence-electron chi connectivity index (χ0n) is 18.0. The summed E-state index contributed by atoms with van der Waals surface area (Å²) in [6.45, 7) is 4.26. The zero-order valence-corrected chi connectivity index (χ0v) is 18.8. The van der Waals surface area contributed by atoms with Gasteiger partial charge < -0.3 is 25.3 Å². The molecule has 2 aromatic heterocycles. The van der Waals surface area contributed by atoms with Crippen LogP contribution in [0.15, 0.2) is 48.8 Å². The number of nitrogens with zero attached hydrogens (tertiary/aromatic N) is 6. The van der Waals surface area contributed by atoms with Crippen molar-refractivity contribution >= 4 is 46.2 Å². The molecule has 9 heteroatoms. The highest BCUT2D eigenvalue weighted by molar-refractivity contribution is 6.33. The summed E-state index contributed by atoms with van der Waals surface area (Å²) in [5.41, 5.74) is 2.96. The third-order valence-electron chi connectivity index (χ3n) is 5.20. The number of benzene rings is 1. The number of rotatable bonds is 6. The highest BCUT2D eigenvalue weighted by atomic mass is 35.5. The molecule has 1 fully saturated rings. The minimum Gasteiger partial charge on any atom is -0.369 e. The van der Waals surface area contributed by atoms with Gasteiger partial charge in [0.25, 0.3) is 0 Å². The number of piperazine rings is 1. The van der Waals surface area contributed by atoms with Crippen LogP contribution in [-0.4, -0.2) is 67.2 Å². The summed E-state index contributed by atoms with van der Waals surface area (Å²) in [7, 11) is 6.04. The van der Waals surface area contributed by atoms with Crippen LogP contribution in [0.5, 0.6) is 0 Å². The summed E-state index contributed by atoms with van der Waals surface area (Å²) >= 11 is 6.34. The van der Waals surface area contributed by atoms with Crippen LogP contribution in [0.2, 0.25) is 5.02 Å². The summed E-state index contributed by atoms with van der Waals surface area (Å²) in [6, 6.07) is 12.1. The van der Waals surface area contributed by atoms with Crippen molar-refractivity contribution < 1.29 is 0 Å². The van der Waals surface area contributed by atoms with E-state index < -0.39 is 0 Å². The van der Waals surface area contributed by atoms with Crippen LogP contribution in [-0.2, 0) is 0 Å². The molecule has 1 saturated heterocycles. The van der Waals surface area contributed by atoms with E-state index in [9.17, 15) is 0 Å². The second-order valence-corrected chi connectivity index (χ2v) is 8.15. The first-order valence-corrected chi connectivity index (χ1v) is 10.6. The number of hydrogen-bond donors (Lipinski definition) is 2. The van der Waals surface area contributed by atoms with Gasteiger partial charge in [0, 0.05) is 57.8 Å². The van der Waals surface area contributed by atoms with Crippen molar-refractivity contribution in [3.63, 3.8) is 0 Å². The quantitative estimate of drug-likeness (QED) is 0.601. The Morgan fingerprint density at radius 1 is 0.968 bits per heavy atom. The number of pyridine rings is 1. The van der Waals surface area contributed by atoms with Gasteiger partial charge in [0.15, 0.2) is 11.6 Å². The SMILES string of the molecule is CN1CCN(c2ccc(Nc3ncc(Cl)c(Nc4cccnc4N(C)C)n3)cc2)CC1. The van der Waals surface area contributed by atoms with Crippen molar-refractivity contribution in [2.75, 3.05) is 67.8 Å². The molecule has 4 rings (SSSR count). The Hall–Kier alpha value is -3.10. The van der Waals surface area contributed by atoms with E-state index in [1.165, 1.54) is 5.69 Å². The Morgan fingerprint density at radius 2 is 1.71 bits per heavy atom. The van der Waals surface area contributed by atoms with Crippen LogP contribution < -0.4 is 20.4 Å². The van der Waals surface area contributed by atoms with Gasteiger partial charge in [-0.3, -0.25) is 0 Å². The number of aromatic nitrogens is 3. The van der Waals surface area contributed by atoms with Crippen molar-refractivity contribution in [3.8, 4) is 0 Å². The van der Waals surface area contributed by atoms with E-state index in [1.54, 1.807) is 12.4 Å². The topological polar surface area (TPSA) is 72.5 Å². The molecule has 2 N–H and O–H groups in total. The van der Waals surface area contributed by atoms with Gasteiger partial charge in [-0.25, -0.2) is 9.97 Å². The van der Waals surface area contributed by atoms with Crippen LogP contribution in [0.4, 0.5) is 34.6 Å². The molecule has 3 aromatic rings. The number of nitrogens with one attached hydrogen (secondary N) is 2. The Kier molecular flexibility index (Phi) is 6.39. The molecule has 0 unspecified atom stereocenters. The number of likely N-dealkylation sites (N-methyl/N-ethyl adjacent to an activating group) is 1. The van der Waals surface area contributed by atoms with Gasteiger partial charge in [-0.2, -0.15) is 4.98 Å². The zero-order chi connectivity index (χ0) is 21.8. The maximum Gasteiger partial charge on any atom is 0.229 e. The fourth-order valence-corrected chi connectivity index (χ4v) is 3.58. The average Bonchev–Trinajstić information content (AvgIpc) is 2.77. The summed E-state index contributed by atoms with van der Waals surface area (Å²) in [5.74, 6) is 1.78. The summed E-state index contributed by atoms with van der Waals surface area (Å²) in [4.78, 5) is 20.0. The molecule has 31 heavy (non-hydrogen) atoms. The lowest BCUT2D eigenvalue weighted by Crippen LogP contribution is -2.44. The largest absolute Gasteiger partial charge is 0.369 e. The first-order chi connectivity index (χ1) is 15.0. The third-order valence-corrected chi connectivity index (χ3v) is 5.48. The molecule has 0 radical (unpaired) electrons. The van der Waals surface area contributed by atoms with E-state index in [4.69, 9.17) is 11.6 Å². The summed E-state index contributed by atoms with van der Waals surface area (Å²) in [6.07, 6.45) is 3.34. The van der Waals surface area contributed by atoms with Gasteiger partial charge in [0.1, 0.15) is 5.02 Å². The van der Waals surface area contributed by atoms with Gasteiger partial charge in [0.05, 0.1) is 11.9 Å². The molecule has 1 aliphatic heterocycles. The molecule has 3 heterocycles. The number of hydrogen-bond acceptors (Lipinski definition) is 8. The minimum atomic E-state index is 0.435. The second-order valence-electron chi connectivity index (χ2n) is 7.75.